The Hall–Kier alpha value is -0.910. The van der Waals surface area contributed by atoms with Crippen LogP contribution >= 0.6 is 22.6 Å². The third kappa shape index (κ3) is 1.47. The molecule has 60 valence electrons. The maximum atomic E-state index is 4.92. The van der Waals surface area contributed by atoms with Crippen LogP contribution in [0.5, 0.6) is 0 Å². The van der Waals surface area contributed by atoms with Crippen LogP contribution in [0.2, 0.25) is 0 Å². The van der Waals surface area contributed by atoms with E-state index in [1.807, 2.05) is 24.3 Å². The molecule has 0 aromatic carbocycles. The zero-order valence-corrected chi connectivity index (χ0v) is 8.22. The van der Waals surface area contributed by atoms with Crippen molar-refractivity contribution in [3.05, 3.63) is 34.2 Å². The number of rotatable bonds is 1. The Morgan fingerprint density at radius 3 is 2.75 bits per heavy atom. The highest BCUT2D eigenvalue weighted by molar-refractivity contribution is 14.1. The predicted octanol–water partition coefficient (Wildman–Crippen LogP) is 2.34. The lowest BCUT2D eigenvalue weighted by Gasteiger charge is -1.89. The van der Waals surface area contributed by atoms with Gasteiger partial charge in [-0.15, -0.1) is 0 Å². The standard InChI is InChI=1S/C8H5IN2O/c9-8-5-7(11-12-8)6-3-1-2-4-10-6/h1-5H. The van der Waals surface area contributed by atoms with Crippen LogP contribution in [0.1, 0.15) is 0 Å². The summed E-state index contributed by atoms with van der Waals surface area (Å²) in [5.41, 5.74) is 1.61. The fourth-order valence-electron chi connectivity index (χ4n) is 0.888. The Labute approximate surface area is 82.9 Å². The van der Waals surface area contributed by atoms with Gasteiger partial charge < -0.3 is 4.52 Å². The maximum Gasteiger partial charge on any atom is 0.197 e. The van der Waals surface area contributed by atoms with Gasteiger partial charge in [0.15, 0.2) is 3.77 Å². The highest BCUT2D eigenvalue weighted by Crippen LogP contribution is 2.16. The molecule has 2 aromatic rings. The average molecular weight is 272 g/mol. The third-order valence-corrected chi connectivity index (χ3v) is 1.92. The molecule has 4 heteroatoms. The minimum atomic E-state index is 0.772. The van der Waals surface area contributed by atoms with Crippen molar-refractivity contribution in [2.24, 2.45) is 0 Å². The normalized spacial score (nSPS) is 10.1. The first-order valence-electron chi connectivity index (χ1n) is 3.40. The van der Waals surface area contributed by atoms with Crippen molar-refractivity contribution in [3.63, 3.8) is 0 Å². The van der Waals surface area contributed by atoms with E-state index in [4.69, 9.17) is 4.52 Å². The second-order valence-corrected chi connectivity index (χ2v) is 3.29. The zero-order valence-electron chi connectivity index (χ0n) is 6.07. The Kier molecular flexibility index (Phi) is 2.07. The number of hydrogen-bond donors (Lipinski definition) is 0. The molecule has 2 aromatic heterocycles. The van der Waals surface area contributed by atoms with Crippen LogP contribution in [-0.4, -0.2) is 10.1 Å². The molecule has 0 aliphatic heterocycles. The van der Waals surface area contributed by atoms with Crippen LogP contribution in [0.15, 0.2) is 35.0 Å². The molecule has 0 unspecified atom stereocenters. The summed E-state index contributed by atoms with van der Waals surface area (Å²) in [5, 5.41) is 3.84. The van der Waals surface area contributed by atoms with Crippen LogP contribution < -0.4 is 0 Å². The van der Waals surface area contributed by atoms with Gasteiger partial charge in [-0.1, -0.05) is 11.2 Å². The van der Waals surface area contributed by atoms with Crippen LogP contribution in [-0.2, 0) is 0 Å². The van der Waals surface area contributed by atoms with Gasteiger partial charge >= 0.3 is 0 Å². The SMILES string of the molecule is Ic1cc(-c2ccccn2)no1. The minimum absolute atomic E-state index is 0.772. The molecular formula is C8H5IN2O. The first-order chi connectivity index (χ1) is 5.86. The molecule has 0 saturated carbocycles. The molecular weight excluding hydrogens is 267 g/mol. The molecule has 0 radical (unpaired) electrons. The first-order valence-corrected chi connectivity index (χ1v) is 4.48. The van der Waals surface area contributed by atoms with Crippen molar-refractivity contribution in [2.45, 2.75) is 0 Å². The fraction of sp³-hybridized carbons (Fsp3) is 0. The molecule has 0 fully saturated rings. The van der Waals surface area contributed by atoms with Crippen LogP contribution in [0.25, 0.3) is 11.4 Å². The van der Waals surface area contributed by atoms with Crippen LogP contribution in [0, 0.1) is 3.77 Å². The van der Waals surface area contributed by atoms with Gasteiger partial charge in [-0.3, -0.25) is 4.98 Å². The third-order valence-electron chi connectivity index (χ3n) is 1.41. The summed E-state index contributed by atoms with van der Waals surface area (Å²) in [7, 11) is 0. The summed E-state index contributed by atoms with van der Waals surface area (Å²) in [6.07, 6.45) is 1.73. The molecule has 12 heavy (non-hydrogen) atoms. The van der Waals surface area contributed by atoms with E-state index < -0.39 is 0 Å². The van der Waals surface area contributed by atoms with Crippen molar-refractivity contribution >= 4 is 22.6 Å². The average Bonchev–Trinajstić information content (AvgIpc) is 2.54. The van der Waals surface area contributed by atoms with Gasteiger partial charge in [0.2, 0.25) is 0 Å². The van der Waals surface area contributed by atoms with Crippen LogP contribution in [0.3, 0.4) is 0 Å². The number of halogens is 1. The van der Waals surface area contributed by atoms with Gasteiger partial charge in [0.05, 0.1) is 5.69 Å². The van der Waals surface area contributed by atoms with Crippen molar-refractivity contribution in [2.75, 3.05) is 0 Å². The van der Waals surface area contributed by atoms with E-state index in [1.165, 1.54) is 0 Å². The van der Waals surface area contributed by atoms with Gasteiger partial charge in [0.25, 0.3) is 0 Å². The molecule has 0 atom stereocenters. The lowest BCUT2D eigenvalue weighted by Crippen LogP contribution is -1.79. The fourth-order valence-corrected chi connectivity index (χ4v) is 1.28. The molecule has 0 amide bonds. The van der Waals surface area contributed by atoms with E-state index in [9.17, 15) is 0 Å². The van der Waals surface area contributed by atoms with Gasteiger partial charge in [-0.25, -0.2) is 0 Å². The summed E-state index contributed by atoms with van der Waals surface area (Å²) < 4.78 is 5.69. The Morgan fingerprint density at radius 1 is 1.25 bits per heavy atom. The predicted molar refractivity (Wildman–Crippen MR) is 52.5 cm³/mol. The maximum absolute atomic E-state index is 4.92. The van der Waals surface area contributed by atoms with Crippen molar-refractivity contribution < 1.29 is 4.52 Å². The molecule has 0 bridgehead atoms. The summed E-state index contributed by atoms with van der Waals surface area (Å²) in [6, 6.07) is 7.54. The van der Waals surface area contributed by atoms with E-state index >= 15 is 0 Å². The topological polar surface area (TPSA) is 38.9 Å². The van der Waals surface area contributed by atoms with E-state index in [1.54, 1.807) is 6.20 Å². The summed E-state index contributed by atoms with van der Waals surface area (Å²) in [6.45, 7) is 0. The van der Waals surface area contributed by atoms with Gasteiger partial charge in [-0.2, -0.15) is 0 Å². The quantitative estimate of drug-likeness (QED) is 0.748. The molecule has 2 rings (SSSR count). The largest absolute Gasteiger partial charge is 0.350 e. The number of pyridine rings is 1. The molecule has 0 aliphatic rings. The first kappa shape index (κ1) is 7.72. The molecule has 0 spiro atoms. The minimum Gasteiger partial charge on any atom is -0.350 e. The Morgan fingerprint density at radius 2 is 2.17 bits per heavy atom. The number of hydrogen-bond acceptors (Lipinski definition) is 3. The highest BCUT2D eigenvalue weighted by atomic mass is 127. The van der Waals surface area contributed by atoms with Gasteiger partial charge in [-0.05, 0) is 12.1 Å². The lowest BCUT2D eigenvalue weighted by atomic mass is 10.3. The van der Waals surface area contributed by atoms with E-state index in [0.717, 1.165) is 15.2 Å². The van der Waals surface area contributed by atoms with Gasteiger partial charge in [0.1, 0.15) is 5.69 Å². The second kappa shape index (κ2) is 3.22. The van der Waals surface area contributed by atoms with E-state index in [-0.39, 0.29) is 0 Å². The highest BCUT2D eigenvalue weighted by Gasteiger charge is 2.03. The summed E-state index contributed by atoms with van der Waals surface area (Å²) >= 11 is 2.07. The summed E-state index contributed by atoms with van der Waals surface area (Å²) in [4.78, 5) is 4.14. The molecule has 0 aliphatic carbocycles. The second-order valence-electron chi connectivity index (χ2n) is 2.23. The molecule has 2 heterocycles. The number of aromatic nitrogens is 2. The Bertz CT molecular complexity index is 372. The lowest BCUT2D eigenvalue weighted by molar-refractivity contribution is 0.400. The monoisotopic (exact) mass is 272 g/mol. The molecule has 0 saturated heterocycles. The van der Waals surface area contributed by atoms with Crippen molar-refractivity contribution in [1.29, 1.82) is 0 Å². The van der Waals surface area contributed by atoms with E-state index in [0.29, 0.717) is 0 Å². The van der Waals surface area contributed by atoms with E-state index in [2.05, 4.69) is 32.7 Å². The molecule has 3 nitrogen and oxygen atoms in total. The Balaban J connectivity index is 2.45. The van der Waals surface area contributed by atoms with Crippen molar-refractivity contribution in [1.82, 2.24) is 10.1 Å². The summed E-state index contributed by atoms with van der Waals surface area (Å²) in [5.74, 6) is 0. The van der Waals surface area contributed by atoms with Gasteiger partial charge in [0, 0.05) is 34.9 Å². The van der Waals surface area contributed by atoms with Crippen molar-refractivity contribution in [3.8, 4) is 11.4 Å². The van der Waals surface area contributed by atoms with Crippen LogP contribution in [0.4, 0.5) is 0 Å². The number of nitrogens with zero attached hydrogens (tertiary/aromatic N) is 2. The zero-order chi connectivity index (χ0) is 8.39. The molecule has 0 N–H and O–H groups in total. The smallest absolute Gasteiger partial charge is 0.197 e.